The van der Waals surface area contributed by atoms with Crippen LogP contribution in [0, 0.1) is 0 Å². The highest BCUT2D eigenvalue weighted by atomic mass is 16.6. The van der Waals surface area contributed by atoms with Gasteiger partial charge in [-0.3, -0.25) is 0 Å². The van der Waals surface area contributed by atoms with Crippen LogP contribution in [0.25, 0.3) is 0 Å². The molecular weight excluding hydrogens is 1490 g/mol. The normalized spacial score (nSPS) is 18.0. The molecule has 0 amide bonds. The van der Waals surface area contributed by atoms with Gasteiger partial charge in [-0.15, -0.1) is 0 Å². The standard InChI is InChI=1S/C92H96O24/c1-107-79-45-77(97)71-43-73(79)88(56-29-37-60(38-30-56)92(106)112-52-84(102)116-66-21-13-6-14-22-66)72-44-74(80(108-2)46-78(72)98)87(55-27-35-59(36-28-55)91(105)111-51-83(101)115-65-19-11-5-12-20-65)70-42-68(62(48-94)40-76(70)96)85(53-23-31-57(32-24-53)89(103)109-49-81(99)113-63-15-7-3-8-16-63)69-41-67(61(47-93)39-75(69)95)86(71)54-25-33-58(34-26-54)90(104)110-50-82(100)114-64-17-9-4-10-18-64/h23-46,63-66,85-88,93-98H,3-22,47-52H2,1-2H3. The van der Waals surface area contributed by atoms with E-state index in [2.05, 4.69) is 0 Å². The Kier molecular flexibility index (Phi) is 27.0. The second kappa shape index (κ2) is 38.1. The highest BCUT2D eigenvalue weighted by Crippen LogP contribution is 2.53. The van der Waals surface area contributed by atoms with Crippen molar-refractivity contribution >= 4 is 47.8 Å². The van der Waals surface area contributed by atoms with Gasteiger partial charge < -0.3 is 78.0 Å². The third-order valence-corrected chi connectivity index (χ3v) is 22.8. The maximum atomic E-state index is 14.0. The number of methoxy groups -OCH3 is 2. The molecule has 0 heterocycles. The van der Waals surface area contributed by atoms with Crippen LogP contribution in [0.3, 0.4) is 0 Å². The number of aromatic hydroxyl groups is 4. The smallest absolute Gasteiger partial charge is 0.344 e. The van der Waals surface area contributed by atoms with Crippen LogP contribution < -0.4 is 9.47 Å². The molecule has 24 nitrogen and oxygen atoms in total. The first-order chi connectivity index (χ1) is 56.3. The van der Waals surface area contributed by atoms with Gasteiger partial charge in [-0.05, 0) is 232 Å². The van der Waals surface area contributed by atoms with E-state index in [0.717, 1.165) is 77.0 Å². The lowest BCUT2D eigenvalue weighted by atomic mass is 9.74. The van der Waals surface area contributed by atoms with E-state index in [1.807, 2.05) is 0 Å². The van der Waals surface area contributed by atoms with Crippen molar-refractivity contribution in [1.82, 2.24) is 0 Å². The Labute approximate surface area is 671 Å². The van der Waals surface area contributed by atoms with Crippen LogP contribution in [-0.2, 0) is 70.3 Å². The number of hydrogen-bond donors (Lipinski definition) is 6. The van der Waals surface area contributed by atoms with Crippen LogP contribution >= 0.6 is 0 Å². The number of carbonyl (C=O) groups excluding carboxylic acids is 8. The summed E-state index contributed by atoms with van der Waals surface area (Å²) in [6, 6.07) is 36.5. The largest absolute Gasteiger partial charge is 0.508 e. The van der Waals surface area contributed by atoms with E-state index in [-0.39, 0.29) is 125 Å². The van der Waals surface area contributed by atoms with Crippen molar-refractivity contribution in [1.29, 1.82) is 0 Å². The molecule has 6 N–H and O–H groups in total. The Morgan fingerprint density at radius 2 is 0.500 bits per heavy atom. The van der Waals surface area contributed by atoms with Crippen LogP contribution in [0.15, 0.2) is 146 Å². The summed E-state index contributed by atoms with van der Waals surface area (Å²) < 4.78 is 57.1. The topological polar surface area (TPSA) is 350 Å². The lowest BCUT2D eigenvalue weighted by Crippen LogP contribution is -2.24. The van der Waals surface area contributed by atoms with Crippen LogP contribution in [0.5, 0.6) is 34.5 Å². The Morgan fingerprint density at radius 3 is 0.724 bits per heavy atom. The minimum atomic E-state index is -1.24. The number of rotatable bonds is 24. The lowest BCUT2D eigenvalue weighted by Gasteiger charge is -2.31. The summed E-state index contributed by atoms with van der Waals surface area (Å²) in [6.45, 7) is -4.11. The monoisotopic (exact) mass is 1580 g/mol. The van der Waals surface area contributed by atoms with Crippen molar-refractivity contribution in [3.8, 4) is 34.5 Å². The zero-order chi connectivity index (χ0) is 81.5. The molecule has 0 aliphatic heterocycles. The van der Waals surface area contributed by atoms with Gasteiger partial charge >= 0.3 is 47.8 Å². The molecule has 0 radical (unpaired) electrons. The molecule has 116 heavy (non-hydrogen) atoms. The molecule has 4 unspecified atom stereocenters. The molecule has 0 spiro atoms. The second-order valence-corrected chi connectivity index (χ2v) is 30.4. The summed E-state index contributed by atoms with van der Waals surface area (Å²) in [5.74, 6) is -12.6. The Hall–Kier alpha value is -11.8. The molecule has 8 aromatic rings. The Bertz CT molecular complexity index is 4260. The van der Waals surface area contributed by atoms with Crippen molar-refractivity contribution in [2.45, 2.75) is 190 Å². The molecule has 24 heteroatoms. The fourth-order valence-electron chi connectivity index (χ4n) is 16.9. The van der Waals surface area contributed by atoms with Gasteiger partial charge in [0.25, 0.3) is 0 Å². The molecule has 0 saturated heterocycles. The summed E-state index contributed by atoms with van der Waals surface area (Å²) in [5, 5.41) is 75.3. The zero-order valence-corrected chi connectivity index (χ0v) is 64.9. The predicted octanol–water partition coefficient (Wildman–Crippen LogP) is 14.7. The van der Waals surface area contributed by atoms with Gasteiger partial charge in [-0.2, -0.15) is 0 Å². The summed E-state index contributed by atoms with van der Waals surface area (Å²) in [5.41, 5.74) is 3.23. The van der Waals surface area contributed by atoms with Crippen LogP contribution in [0.1, 0.15) is 271 Å². The number of hydrogen-bond acceptors (Lipinski definition) is 24. The summed E-state index contributed by atoms with van der Waals surface area (Å²) in [6.07, 6.45) is 15.8. The van der Waals surface area contributed by atoms with E-state index in [1.165, 1.54) is 87.0 Å². The number of aliphatic hydroxyl groups excluding tert-OH is 2. The molecular formula is C92H96O24. The van der Waals surface area contributed by atoms with E-state index < -0.39 is 123 Å². The van der Waals surface area contributed by atoms with E-state index in [0.29, 0.717) is 73.6 Å². The molecule has 4 saturated carbocycles. The SMILES string of the molecule is COc1cc(O)c2cc1C(c1ccc(C(=O)OCC(=O)OC3CCCCC3)cc1)c1cc(c(OC)cc1O)C(c1ccc(C(=O)OCC(=O)OC3CCCCC3)cc1)c1cc(c(CO)cc1O)C(c1ccc(C(=O)OCC(=O)OC3CCCCC3)cc1)c1cc(c(CO)cc1O)C2c1ccc(C(=O)OCC(=O)OC2CCCCC2)cc1. The van der Waals surface area contributed by atoms with Crippen molar-refractivity contribution in [2.75, 3.05) is 40.6 Å². The van der Waals surface area contributed by atoms with Gasteiger partial charge in [0.05, 0.1) is 49.7 Å². The number of phenolic OH excluding ortho intramolecular Hbond substituents is 4. The maximum Gasteiger partial charge on any atom is 0.344 e. The third kappa shape index (κ3) is 19.4. The minimum Gasteiger partial charge on any atom is -0.508 e. The molecule has 8 bridgehead atoms. The average Bonchev–Trinajstić information content (AvgIpc) is 0.736. The maximum absolute atomic E-state index is 14.0. The summed E-state index contributed by atoms with van der Waals surface area (Å²) >= 11 is 0. The first-order valence-electron chi connectivity index (χ1n) is 39.9. The third-order valence-electron chi connectivity index (χ3n) is 22.8. The quantitative estimate of drug-likeness (QED) is 0.0242. The fourth-order valence-corrected chi connectivity index (χ4v) is 16.9. The first-order valence-corrected chi connectivity index (χ1v) is 39.9. The Balaban J connectivity index is 1.00. The molecule has 8 aromatic carbocycles. The summed E-state index contributed by atoms with van der Waals surface area (Å²) in [4.78, 5) is 108. The van der Waals surface area contributed by atoms with Crippen molar-refractivity contribution < 1.29 is 116 Å². The highest BCUT2D eigenvalue weighted by Gasteiger charge is 2.37. The highest BCUT2D eigenvalue weighted by molar-refractivity contribution is 5.93. The molecule has 608 valence electrons. The molecule has 4 fully saturated rings. The van der Waals surface area contributed by atoms with Crippen LogP contribution in [0.2, 0.25) is 0 Å². The van der Waals surface area contributed by atoms with E-state index in [9.17, 15) is 69.0 Å². The molecule has 5 aliphatic rings. The molecule has 13 rings (SSSR count). The van der Waals surface area contributed by atoms with E-state index in [4.69, 9.17) is 47.4 Å². The lowest BCUT2D eigenvalue weighted by molar-refractivity contribution is -0.154. The van der Waals surface area contributed by atoms with Crippen molar-refractivity contribution in [3.63, 3.8) is 0 Å². The van der Waals surface area contributed by atoms with Gasteiger partial charge in [-0.25, -0.2) is 38.4 Å². The van der Waals surface area contributed by atoms with E-state index >= 15 is 0 Å². The fraction of sp³-hybridized carbons (Fsp3) is 0.391. The molecule has 4 atom stereocenters. The van der Waals surface area contributed by atoms with Crippen molar-refractivity contribution in [3.05, 3.63) is 246 Å². The van der Waals surface area contributed by atoms with Crippen molar-refractivity contribution in [2.24, 2.45) is 0 Å². The predicted molar refractivity (Wildman–Crippen MR) is 420 cm³/mol. The van der Waals surface area contributed by atoms with Gasteiger partial charge in [0, 0.05) is 69.2 Å². The van der Waals surface area contributed by atoms with Gasteiger partial charge in [0.2, 0.25) is 0 Å². The average molecular weight is 1590 g/mol. The second-order valence-electron chi connectivity index (χ2n) is 30.4. The number of ether oxygens (including phenoxy) is 10. The van der Waals surface area contributed by atoms with Gasteiger partial charge in [-0.1, -0.05) is 74.2 Å². The van der Waals surface area contributed by atoms with Crippen LogP contribution in [0.4, 0.5) is 0 Å². The molecule has 5 aliphatic carbocycles. The number of phenols is 4. The number of carbonyl (C=O) groups is 8. The summed E-state index contributed by atoms with van der Waals surface area (Å²) in [7, 11) is 2.75. The number of benzene rings is 8. The van der Waals surface area contributed by atoms with Gasteiger partial charge in [0.15, 0.2) is 26.4 Å². The van der Waals surface area contributed by atoms with E-state index in [1.54, 1.807) is 72.8 Å². The number of esters is 8. The zero-order valence-electron chi connectivity index (χ0n) is 64.9. The van der Waals surface area contributed by atoms with Gasteiger partial charge in [0.1, 0.15) is 58.9 Å². The number of fused-ring (bicyclic) bond motifs is 8. The molecule has 0 aromatic heterocycles. The minimum absolute atomic E-state index is 0.0153. The van der Waals surface area contributed by atoms with Crippen LogP contribution in [-0.4, -0.2) is 143 Å². The Morgan fingerprint density at radius 1 is 0.284 bits per heavy atom. The first kappa shape index (κ1) is 82.2. The number of aliphatic hydroxyl groups is 2.